The number of hydrogen-bond acceptors (Lipinski definition) is 8. The molecule has 0 saturated carbocycles. The van der Waals surface area contributed by atoms with Crippen molar-refractivity contribution in [3.63, 3.8) is 0 Å². The number of benzene rings is 6. The molecule has 0 aliphatic carbocycles. The monoisotopic (exact) mass is 684 g/mol. The van der Waals surface area contributed by atoms with Gasteiger partial charge in [-0.2, -0.15) is 0 Å². The quantitative estimate of drug-likeness (QED) is 0.121. The van der Waals surface area contributed by atoms with Gasteiger partial charge in [-0.25, -0.2) is 9.97 Å². The molecule has 12 nitrogen and oxygen atoms in total. The number of rotatable bonds is 7. The van der Waals surface area contributed by atoms with Gasteiger partial charge in [-0.05, 0) is 47.5 Å². The normalized spacial score (nSPS) is 11.2. The van der Waals surface area contributed by atoms with Crippen LogP contribution in [0.25, 0.3) is 67.1 Å². The van der Waals surface area contributed by atoms with Crippen molar-refractivity contribution in [2.75, 3.05) is 0 Å². The van der Waals surface area contributed by atoms with Crippen LogP contribution in [0.15, 0.2) is 155 Å². The smallest absolute Gasteiger partial charge is 0.268 e. The Bertz CT molecular complexity index is 2660. The van der Waals surface area contributed by atoms with Gasteiger partial charge in [0, 0.05) is 35.4 Å². The molecule has 8 aromatic rings. The molecule has 2 heterocycles. The highest BCUT2D eigenvalue weighted by Crippen LogP contribution is 2.30. The predicted molar refractivity (Wildman–Crippen MR) is 198 cm³/mol. The second-order valence-electron chi connectivity index (χ2n) is 11.9. The van der Waals surface area contributed by atoms with Crippen molar-refractivity contribution >= 4 is 33.2 Å². The molecule has 0 aliphatic rings. The molecule has 0 aliphatic heterocycles. The number of non-ortho nitro benzene ring substituents is 2. The minimum atomic E-state index is -0.520. The molecule has 0 atom stereocenters. The lowest BCUT2D eigenvalue weighted by molar-refractivity contribution is -0.385. The Hall–Kier alpha value is -7.60. The van der Waals surface area contributed by atoms with Crippen LogP contribution in [-0.4, -0.2) is 28.9 Å². The van der Waals surface area contributed by atoms with E-state index in [1.165, 1.54) is 45.5 Å². The molecule has 0 spiro atoms. The van der Waals surface area contributed by atoms with Crippen LogP contribution in [0.2, 0.25) is 0 Å². The van der Waals surface area contributed by atoms with E-state index in [2.05, 4.69) is 0 Å². The van der Waals surface area contributed by atoms with E-state index in [-0.39, 0.29) is 33.5 Å². The zero-order valence-electron chi connectivity index (χ0n) is 27.0. The van der Waals surface area contributed by atoms with Crippen molar-refractivity contribution in [3.8, 4) is 45.3 Å². The highest BCUT2D eigenvalue weighted by Gasteiger charge is 2.20. The molecule has 0 fully saturated rings. The highest BCUT2D eigenvalue weighted by molar-refractivity contribution is 5.90. The van der Waals surface area contributed by atoms with Crippen LogP contribution >= 0.6 is 0 Å². The third kappa shape index (κ3) is 5.55. The molecule has 250 valence electrons. The minimum Gasteiger partial charge on any atom is -0.268 e. The van der Waals surface area contributed by atoms with E-state index < -0.39 is 21.0 Å². The molecule has 0 unspecified atom stereocenters. The largest absolute Gasteiger partial charge is 0.271 e. The van der Waals surface area contributed by atoms with E-state index in [1.807, 2.05) is 60.7 Å². The van der Waals surface area contributed by atoms with Crippen molar-refractivity contribution in [2.45, 2.75) is 0 Å². The molecule has 0 radical (unpaired) electrons. The van der Waals surface area contributed by atoms with Crippen molar-refractivity contribution in [2.24, 2.45) is 0 Å². The second kappa shape index (κ2) is 12.7. The van der Waals surface area contributed by atoms with Crippen LogP contribution in [0, 0.1) is 20.2 Å². The van der Waals surface area contributed by atoms with Gasteiger partial charge in [0.25, 0.3) is 22.5 Å². The van der Waals surface area contributed by atoms with Gasteiger partial charge in [0.05, 0.1) is 43.0 Å². The summed E-state index contributed by atoms with van der Waals surface area (Å²) in [6.45, 7) is 0. The lowest BCUT2D eigenvalue weighted by atomic mass is 10.0. The van der Waals surface area contributed by atoms with Crippen LogP contribution in [0.5, 0.6) is 0 Å². The summed E-state index contributed by atoms with van der Waals surface area (Å²) in [4.78, 5) is 60.6. The summed E-state index contributed by atoms with van der Waals surface area (Å²) < 4.78 is 2.73. The Labute approximate surface area is 293 Å². The highest BCUT2D eigenvalue weighted by atomic mass is 16.6. The topological polar surface area (TPSA) is 156 Å². The average molecular weight is 685 g/mol. The molecule has 8 rings (SSSR count). The standard InChI is InChI=1S/C40H24N6O6/c47-39-33-21-27(17-19-35(33)41-37(25-9-3-1-4-10-25)43(39)29-13-7-15-31(23-29)45(49)50)28-18-20-36-34(22-28)40(48)44(30-14-8-16-32(24-30)46(51)52)38(42-36)26-11-5-2-6-12-26/h1-24H. The summed E-state index contributed by atoms with van der Waals surface area (Å²) in [6.07, 6.45) is 0. The zero-order chi connectivity index (χ0) is 35.9. The van der Waals surface area contributed by atoms with Gasteiger partial charge in [0.2, 0.25) is 0 Å². The third-order valence-electron chi connectivity index (χ3n) is 8.73. The Kier molecular flexibility index (Phi) is 7.73. The first kappa shape index (κ1) is 31.7. The Morgan fingerprint density at radius 2 is 0.846 bits per heavy atom. The fraction of sp³-hybridized carbons (Fsp3) is 0. The molecular weight excluding hydrogens is 660 g/mol. The lowest BCUT2D eigenvalue weighted by Crippen LogP contribution is -2.22. The third-order valence-corrected chi connectivity index (χ3v) is 8.73. The van der Waals surface area contributed by atoms with Gasteiger partial charge < -0.3 is 0 Å². The van der Waals surface area contributed by atoms with Gasteiger partial charge in [-0.15, -0.1) is 0 Å². The van der Waals surface area contributed by atoms with Gasteiger partial charge >= 0.3 is 0 Å². The van der Waals surface area contributed by atoms with Crippen LogP contribution in [-0.2, 0) is 0 Å². The summed E-state index contributed by atoms with van der Waals surface area (Å²) in [6, 6.07) is 40.2. The number of aromatic nitrogens is 4. The number of hydrogen-bond donors (Lipinski definition) is 0. The average Bonchev–Trinajstić information content (AvgIpc) is 3.18. The van der Waals surface area contributed by atoms with Crippen LogP contribution in [0.3, 0.4) is 0 Å². The van der Waals surface area contributed by atoms with E-state index >= 15 is 0 Å². The molecular formula is C40H24N6O6. The van der Waals surface area contributed by atoms with E-state index in [1.54, 1.807) is 48.5 Å². The summed E-state index contributed by atoms with van der Waals surface area (Å²) >= 11 is 0. The van der Waals surface area contributed by atoms with Crippen LogP contribution < -0.4 is 11.1 Å². The number of nitro benzene ring substituents is 2. The van der Waals surface area contributed by atoms with E-state index in [9.17, 15) is 29.8 Å². The number of nitro groups is 2. The summed E-state index contributed by atoms with van der Waals surface area (Å²) in [5.74, 6) is 0.637. The maximum absolute atomic E-state index is 14.3. The van der Waals surface area contributed by atoms with Crippen molar-refractivity contribution < 1.29 is 9.85 Å². The van der Waals surface area contributed by atoms with Gasteiger partial charge in [-0.1, -0.05) is 84.9 Å². The molecule has 0 N–H and O–H groups in total. The van der Waals surface area contributed by atoms with Gasteiger partial charge in [0.1, 0.15) is 11.6 Å². The second-order valence-corrected chi connectivity index (χ2v) is 11.9. The molecule has 2 aromatic heterocycles. The fourth-order valence-corrected chi connectivity index (χ4v) is 6.26. The first-order chi connectivity index (χ1) is 25.3. The first-order valence-electron chi connectivity index (χ1n) is 16.0. The summed E-state index contributed by atoms with van der Waals surface area (Å²) in [7, 11) is 0. The number of nitrogens with zero attached hydrogens (tertiary/aromatic N) is 6. The first-order valence-corrected chi connectivity index (χ1v) is 16.0. The fourth-order valence-electron chi connectivity index (χ4n) is 6.26. The van der Waals surface area contributed by atoms with Gasteiger partial charge in [0.15, 0.2) is 0 Å². The minimum absolute atomic E-state index is 0.173. The summed E-state index contributed by atoms with van der Waals surface area (Å²) in [5.41, 5.74) is 2.69. The molecule has 6 aromatic carbocycles. The van der Waals surface area contributed by atoms with Crippen molar-refractivity contribution in [3.05, 3.63) is 187 Å². The SMILES string of the molecule is O=c1c2cc(-c3ccc4nc(-c5ccccc5)n(-c5cccc([N+](=O)[O-])c5)c(=O)c4c3)ccc2nc(-c2ccccc2)n1-c1cccc([N+](=O)[O-])c1. The van der Waals surface area contributed by atoms with Gasteiger partial charge in [-0.3, -0.25) is 39.0 Å². The molecule has 12 heteroatoms. The number of fused-ring (bicyclic) bond motifs is 2. The Morgan fingerprint density at radius 1 is 0.442 bits per heavy atom. The van der Waals surface area contributed by atoms with E-state index in [0.717, 1.165) is 0 Å². The van der Waals surface area contributed by atoms with Crippen LogP contribution in [0.1, 0.15) is 0 Å². The predicted octanol–water partition coefficient (Wildman–Crippen LogP) is 7.90. The maximum atomic E-state index is 14.3. The Morgan fingerprint density at radius 3 is 1.23 bits per heavy atom. The lowest BCUT2D eigenvalue weighted by Gasteiger charge is -2.15. The summed E-state index contributed by atoms with van der Waals surface area (Å²) in [5, 5.41) is 23.8. The van der Waals surface area contributed by atoms with Crippen LogP contribution in [0.4, 0.5) is 11.4 Å². The molecule has 52 heavy (non-hydrogen) atoms. The van der Waals surface area contributed by atoms with E-state index in [4.69, 9.17) is 9.97 Å². The Balaban J connectivity index is 1.33. The van der Waals surface area contributed by atoms with E-state index in [0.29, 0.717) is 44.9 Å². The van der Waals surface area contributed by atoms with Crippen molar-refractivity contribution in [1.82, 2.24) is 19.1 Å². The maximum Gasteiger partial charge on any atom is 0.271 e. The molecule has 0 bridgehead atoms. The molecule has 0 amide bonds. The zero-order valence-corrected chi connectivity index (χ0v) is 27.0. The van der Waals surface area contributed by atoms with Crippen molar-refractivity contribution in [1.29, 1.82) is 0 Å². The molecule has 0 saturated heterocycles.